The van der Waals surface area contributed by atoms with Crippen molar-refractivity contribution in [3.8, 4) is 5.69 Å². The van der Waals surface area contributed by atoms with Crippen LogP contribution in [-0.4, -0.2) is 57.1 Å². The second kappa shape index (κ2) is 9.70. The predicted molar refractivity (Wildman–Crippen MR) is 136 cm³/mol. The van der Waals surface area contributed by atoms with Gasteiger partial charge >= 0.3 is 0 Å². The van der Waals surface area contributed by atoms with Crippen LogP contribution in [0.4, 0.5) is 16.0 Å². The molecular formula is C26H28ClFN6. The van der Waals surface area contributed by atoms with Crippen LogP contribution < -0.4 is 5.32 Å². The van der Waals surface area contributed by atoms with Crippen molar-refractivity contribution in [1.29, 1.82) is 0 Å². The van der Waals surface area contributed by atoms with Crippen LogP contribution in [0.2, 0.25) is 5.02 Å². The molecule has 1 N–H and O–H groups in total. The number of hydrogen-bond acceptors (Lipinski definition) is 5. The van der Waals surface area contributed by atoms with Crippen LogP contribution in [0, 0.1) is 12.7 Å². The highest BCUT2D eigenvalue weighted by molar-refractivity contribution is 6.31. The molecule has 0 spiro atoms. The molecule has 8 heteroatoms. The van der Waals surface area contributed by atoms with Crippen LogP contribution in [0.15, 0.2) is 54.9 Å². The molecule has 5 rings (SSSR count). The molecule has 4 aromatic rings. The van der Waals surface area contributed by atoms with Crippen LogP contribution in [0.25, 0.3) is 16.7 Å². The first-order valence-electron chi connectivity index (χ1n) is 11.6. The first-order valence-corrected chi connectivity index (χ1v) is 12.0. The molecule has 0 radical (unpaired) electrons. The first-order chi connectivity index (χ1) is 16.5. The summed E-state index contributed by atoms with van der Waals surface area (Å²) in [5, 5.41) is 4.76. The van der Waals surface area contributed by atoms with E-state index >= 15 is 4.39 Å². The quantitative estimate of drug-likeness (QED) is 0.402. The lowest BCUT2D eigenvalue weighted by atomic mass is 10.1. The Kier molecular flexibility index (Phi) is 6.50. The summed E-state index contributed by atoms with van der Waals surface area (Å²) < 4.78 is 17.0. The van der Waals surface area contributed by atoms with Gasteiger partial charge in [-0.3, -0.25) is 4.90 Å². The van der Waals surface area contributed by atoms with Gasteiger partial charge in [0.1, 0.15) is 11.5 Å². The summed E-state index contributed by atoms with van der Waals surface area (Å²) in [4.78, 5) is 13.8. The van der Waals surface area contributed by atoms with Gasteiger partial charge in [-0.1, -0.05) is 30.7 Å². The Labute approximate surface area is 204 Å². The summed E-state index contributed by atoms with van der Waals surface area (Å²) >= 11 is 6.24. The minimum Gasteiger partial charge on any atom is -0.324 e. The number of anilines is 2. The fraction of sp³-hybridized carbons (Fsp3) is 0.308. The standard InChI is InChI=1S/C26H28ClFN6/c1-3-32-10-12-33(13-11-32)17-20-5-7-22(15-24(20)28)34-9-8-19-16-29-26(31-25(19)34)30-21-6-4-18(2)23(27)14-21/h4-9,14-16H,3,10-13,17H2,1-2H3,(H,29,30,31). The second-order valence-corrected chi connectivity index (χ2v) is 9.14. The van der Waals surface area contributed by atoms with E-state index in [-0.39, 0.29) is 5.82 Å². The molecule has 3 heterocycles. The third-order valence-electron chi connectivity index (χ3n) is 6.48. The Bertz CT molecular complexity index is 1310. The van der Waals surface area contributed by atoms with Crippen LogP contribution in [0.5, 0.6) is 0 Å². The van der Waals surface area contributed by atoms with Crippen LogP contribution in [-0.2, 0) is 6.54 Å². The third kappa shape index (κ3) is 4.78. The van der Waals surface area contributed by atoms with E-state index in [2.05, 4.69) is 32.0 Å². The largest absolute Gasteiger partial charge is 0.324 e. The maximum atomic E-state index is 15.1. The molecule has 0 saturated carbocycles. The molecule has 0 aliphatic carbocycles. The van der Waals surface area contributed by atoms with E-state index in [1.165, 1.54) is 0 Å². The lowest BCUT2D eigenvalue weighted by molar-refractivity contribution is 0.131. The molecule has 1 fully saturated rings. The number of benzene rings is 2. The smallest absolute Gasteiger partial charge is 0.229 e. The van der Waals surface area contributed by atoms with Crippen molar-refractivity contribution in [1.82, 2.24) is 24.3 Å². The Balaban J connectivity index is 1.36. The zero-order chi connectivity index (χ0) is 23.7. The van der Waals surface area contributed by atoms with Crippen molar-refractivity contribution in [2.45, 2.75) is 20.4 Å². The Morgan fingerprint density at radius 2 is 1.82 bits per heavy atom. The Hall–Kier alpha value is -3.00. The van der Waals surface area contributed by atoms with Gasteiger partial charge in [-0.05, 0) is 49.4 Å². The number of halogens is 2. The van der Waals surface area contributed by atoms with E-state index in [0.29, 0.717) is 23.2 Å². The summed E-state index contributed by atoms with van der Waals surface area (Å²) in [5.74, 6) is 0.259. The van der Waals surface area contributed by atoms with Crippen LogP contribution >= 0.6 is 11.6 Å². The highest BCUT2D eigenvalue weighted by Crippen LogP contribution is 2.25. The topological polar surface area (TPSA) is 49.2 Å². The van der Waals surface area contributed by atoms with E-state index in [0.717, 1.165) is 60.6 Å². The van der Waals surface area contributed by atoms with E-state index in [1.54, 1.807) is 12.3 Å². The molecule has 0 bridgehead atoms. The fourth-order valence-electron chi connectivity index (χ4n) is 4.31. The Morgan fingerprint density at radius 3 is 2.56 bits per heavy atom. The minimum absolute atomic E-state index is 0.195. The van der Waals surface area contributed by atoms with Gasteiger partial charge in [-0.15, -0.1) is 0 Å². The number of nitrogens with zero attached hydrogens (tertiary/aromatic N) is 5. The van der Waals surface area contributed by atoms with Gasteiger partial charge in [0.2, 0.25) is 5.95 Å². The summed E-state index contributed by atoms with van der Waals surface area (Å²) in [6.07, 6.45) is 3.65. The van der Waals surface area contributed by atoms with Gasteiger partial charge in [0.25, 0.3) is 0 Å². The van der Waals surface area contributed by atoms with Gasteiger partial charge in [0, 0.05) is 72.5 Å². The summed E-state index contributed by atoms with van der Waals surface area (Å²) in [6.45, 7) is 9.85. The molecule has 1 aliphatic rings. The number of fused-ring (bicyclic) bond motifs is 1. The van der Waals surface area contributed by atoms with Crippen molar-refractivity contribution in [3.05, 3.63) is 76.8 Å². The highest BCUT2D eigenvalue weighted by Gasteiger charge is 2.17. The number of rotatable bonds is 6. The molecule has 2 aromatic heterocycles. The van der Waals surface area contributed by atoms with E-state index in [9.17, 15) is 0 Å². The zero-order valence-corrected chi connectivity index (χ0v) is 20.2. The van der Waals surface area contributed by atoms with E-state index < -0.39 is 0 Å². The lowest BCUT2D eigenvalue weighted by Gasteiger charge is -2.34. The van der Waals surface area contributed by atoms with Gasteiger partial charge in [0.05, 0.1) is 0 Å². The van der Waals surface area contributed by atoms with Crippen molar-refractivity contribution in [2.75, 3.05) is 38.0 Å². The Morgan fingerprint density at radius 1 is 1.03 bits per heavy atom. The molecule has 176 valence electrons. The number of likely N-dealkylation sites (N-methyl/N-ethyl adjacent to an activating group) is 1. The molecular weight excluding hydrogens is 451 g/mol. The maximum Gasteiger partial charge on any atom is 0.229 e. The highest BCUT2D eigenvalue weighted by atomic mass is 35.5. The van der Waals surface area contributed by atoms with E-state index in [1.807, 2.05) is 54.1 Å². The van der Waals surface area contributed by atoms with Crippen molar-refractivity contribution >= 4 is 34.3 Å². The van der Waals surface area contributed by atoms with E-state index in [4.69, 9.17) is 11.6 Å². The molecule has 1 aliphatic heterocycles. The van der Waals surface area contributed by atoms with Gasteiger partial charge in [-0.25, -0.2) is 9.37 Å². The first kappa shape index (κ1) is 22.8. The summed E-state index contributed by atoms with van der Waals surface area (Å²) in [5.41, 5.74) is 3.97. The van der Waals surface area contributed by atoms with Crippen molar-refractivity contribution < 1.29 is 4.39 Å². The lowest BCUT2D eigenvalue weighted by Crippen LogP contribution is -2.45. The van der Waals surface area contributed by atoms with Crippen LogP contribution in [0.1, 0.15) is 18.1 Å². The van der Waals surface area contributed by atoms with Gasteiger partial charge in [-0.2, -0.15) is 4.98 Å². The third-order valence-corrected chi connectivity index (χ3v) is 6.88. The van der Waals surface area contributed by atoms with Crippen molar-refractivity contribution in [2.24, 2.45) is 0 Å². The number of aromatic nitrogens is 3. The second-order valence-electron chi connectivity index (χ2n) is 8.73. The number of piperazine rings is 1. The fourth-order valence-corrected chi connectivity index (χ4v) is 4.49. The summed E-state index contributed by atoms with van der Waals surface area (Å²) in [6, 6.07) is 13.1. The minimum atomic E-state index is -0.195. The monoisotopic (exact) mass is 478 g/mol. The molecule has 1 saturated heterocycles. The van der Waals surface area contributed by atoms with Gasteiger partial charge in [0.15, 0.2) is 0 Å². The number of hydrogen-bond donors (Lipinski definition) is 1. The summed E-state index contributed by atoms with van der Waals surface area (Å²) in [7, 11) is 0. The molecule has 6 nitrogen and oxygen atoms in total. The van der Waals surface area contributed by atoms with Crippen LogP contribution in [0.3, 0.4) is 0 Å². The van der Waals surface area contributed by atoms with Crippen molar-refractivity contribution in [3.63, 3.8) is 0 Å². The molecule has 34 heavy (non-hydrogen) atoms. The molecule has 0 amide bonds. The zero-order valence-electron chi connectivity index (χ0n) is 19.4. The maximum absolute atomic E-state index is 15.1. The number of nitrogens with one attached hydrogen (secondary N) is 1. The average Bonchev–Trinajstić information content (AvgIpc) is 3.26. The normalized spacial score (nSPS) is 15.2. The average molecular weight is 479 g/mol. The number of aryl methyl sites for hydroxylation is 1. The molecule has 2 aromatic carbocycles. The molecule has 0 unspecified atom stereocenters. The SMILES string of the molecule is CCN1CCN(Cc2ccc(-n3ccc4cnc(Nc5ccc(C)c(Cl)c5)nc43)cc2F)CC1. The predicted octanol–water partition coefficient (Wildman–Crippen LogP) is 5.40. The molecule has 0 atom stereocenters. The van der Waals surface area contributed by atoms with Gasteiger partial charge < -0.3 is 14.8 Å².